The number of alkyl halides is 1. The molecular formula is C12H26ClNO. The summed E-state index contributed by atoms with van der Waals surface area (Å²) in [6.45, 7) is 10.1. The van der Waals surface area contributed by atoms with Gasteiger partial charge in [-0.15, -0.1) is 11.6 Å². The number of ether oxygens (including phenoxy) is 1. The van der Waals surface area contributed by atoms with Crippen LogP contribution in [-0.2, 0) is 4.74 Å². The summed E-state index contributed by atoms with van der Waals surface area (Å²) in [7, 11) is 0. The fourth-order valence-corrected chi connectivity index (χ4v) is 1.95. The molecular weight excluding hydrogens is 210 g/mol. The first kappa shape index (κ1) is 15.2. The smallest absolute Gasteiger partial charge is 0.0590 e. The fourth-order valence-electron chi connectivity index (χ4n) is 1.48. The van der Waals surface area contributed by atoms with E-state index in [1.54, 1.807) is 0 Å². The first-order valence-electron chi connectivity index (χ1n) is 6.09. The zero-order valence-electron chi connectivity index (χ0n) is 10.4. The monoisotopic (exact) mass is 235 g/mol. The van der Waals surface area contributed by atoms with Crippen molar-refractivity contribution in [2.75, 3.05) is 32.2 Å². The van der Waals surface area contributed by atoms with Crippen LogP contribution >= 0.6 is 11.6 Å². The predicted octanol–water partition coefficient (Wildman–Crippen LogP) is 3.05. The van der Waals surface area contributed by atoms with E-state index in [0.717, 1.165) is 51.4 Å². The molecule has 0 amide bonds. The van der Waals surface area contributed by atoms with Crippen LogP contribution in [0.3, 0.4) is 0 Å². The lowest BCUT2D eigenvalue weighted by Gasteiger charge is -2.29. The first-order chi connectivity index (χ1) is 7.24. The van der Waals surface area contributed by atoms with Crippen molar-refractivity contribution in [3.8, 4) is 0 Å². The standard InChI is InChI=1S/C12H26ClNO/c1-4-8-15-9-7-14-11-12(5-2,6-3)10-13/h14H,4-11H2,1-3H3. The van der Waals surface area contributed by atoms with Crippen LogP contribution in [0.4, 0.5) is 0 Å². The Morgan fingerprint density at radius 1 is 1.13 bits per heavy atom. The molecule has 0 bridgehead atoms. The van der Waals surface area contributed by atoms with Gasteiger partial charge < -0.3 is 10.1 Å². The maximum atomic E-state index is 6.02. The lowest BCUT2D eigenvalue weighted by molar-refractivity contribution is 0.133. The van der Waals surface area contributed by atoms with E-state index in [9.17, 15) is 0 Å². The van der Waals surface area contributed by atoms with Gasteiger partial charge in [0.2, 0.25) is 0 Å². The average molecular weight is 236 g/mol. The van der Waals surface area contributed by atoms with E-state index in [1.165, 1.54) is 0 Å². The average Bonchev–Trinajstić information content (AvgIpc) is 2.29. The zero-order valence-corrected chi connectivity index (χ0v) is 11.2. The highest BCUT2D eigenvalue weighted by Crippen LogP contribution is 2.26. The van der Waals surface area contributed by atoms with Gasteiger partial charge in [0.15, 0.2) is 0 Å². The Balaban J connectivity index is 3.54. The quantitative estimate of drug-likeness (QED) is 0.464. The molecule has 0 saturated heterocycles. The molecule has 2 nitrogen and oxygen atoms in total. The summed E-state index contributed by atoms with van der Waals surface area (Å²) in [5.74, 6) is 0.739. The van der Waals surface area contributed by atoms with Crippen molar-refractivity contribution >= 4 is 11.6 Å². The number of nitrogens with one attached hydrogen (secondary N) is 1. The molecule has 0 fully saturated rings. The molecule has 0 atom stereocenters. The van der Waals surface area contributed by atoms with E-state index in [-0.39, 0.29) is 5.41 Å². The molecule has 0 saturated carbocycles. The third kappa shape index (κ3) is 6.39. The SMILES string of the molecule is CCCOCCNCC(CC)(CC)CCl. The molecule has 0 aromatic rings. The lowest BCUT2D eigenvalue weighted by Crippen LogP contribution is -2.36. The van der Waals surface area contributed by atoms with Crippen molar-refractivity contribution in [1.29, 1.82) is 0 Å². The van der Waals surface area contributed by atoms with E-state index in [1.807, 2.05) is 0 Å². The molecule has 3 heteroatoms. The van der Waals surface area contributed by atoms with Gasteiger partial charge in [-0.25, -0.2) is 0 Å². The van der Waals surface area contributed by atoms with Gasteiger partial charge in [0, 0.05) is 25.6 Å². The second-order valence-corrected chi connectivity index (χ2v) is 4.40. The Morgan fingerprint density at radius 3 is 2.27 bits per heavy atom. The molecule has 0 unspecified atom stereocenters. The number of rotatable bonds is 10. The highest BCUT2D eigenvalue weighted by atomic mass is 35.5. The van der Waals surface area contributed by atoms with Crippen molar-refractivity contribution in [3.63, 3.8) is 0 Å². The van der Waals surface area contributed by atoms with E-state index >= 15 is 0 Å². The van der Waals surface area contributed by atoms with Gasteiger partial charge in [-0.1, -0.05) is 20.8 Å². The Hall–Kier alpha value is 0.210. The minimum Gasteiger partial charge on any atom is -0.380 e. The minimum absolute atomic E-state index is 0.270. The summed E-state index contributed by atoms with van der Waals surface area (Å²) in [4.78, 5) is 0. The second kappa shape index (κ2) is 9.44. The van der Waals surface area contributed by atoms with Gasteiger partial charge in [0.25, 0.3) is 0 Å². The first-order valence-corrected chi connectivity index (χ1v) is 6.62. The van der Waals surface area contributed by atoms with Crippen molar-refractivity contribution in [3.05, 3.63) is 0 Å². The van der Waals surface area contributed by atoms with Crippen molar-refractivity contribution in [2.45, 2.75) is 40.0 Å². The number of hydrogen-bond acceptors (Lipinski definition) is 2. The van der Waals surface area contributed by atoms with Gasteiger partial charge in [0.1, 0.15) is 0 Å². The Kier molecular flexibility index (Phi) is 9.57. The van der Waals surface area contributed by atoms with E-state index < -0.39 is 0 Å². The van der Waals surface area contributed by atoms with Gasteiger partial charge in [-0.3, -0.25) is 0 Å². The third-order valence-corrected chi connectivity index (χ3v) is 3.62. The number of halogens is 1. The second-order valence-electron chi connectivity index (χ2n) is 4.13. The third-order valence-electron chi connectivity index (χ3n) is 3.06. The summed E-state index contributed by atoms with van der Waals surface area (Å²) >= 11 is 6.02. The van der Waals surface area contributed by atoms with E-state index in [4.69, 9.17) is 16.3 Å². The van der Waals surface area contributed by atoms with Crippen LogP contribution in [0.25, 0.3) is 0 Å². The topological polar surface area (TPSA) is 21.3 Å². The highest BCUT2D eigenvalue weighted by Gasteiger charge is 2.24. The van der Waals surface area contributed by atoms with Crippen molar-refractivity contribution in [2.24, 2.45) is 5.41 Å². The maximum absolute atomic E-state index is 6.02. The Labute approximate surface area is 99.7 Å². The predicted molar refractivity (Wildman–Crippen MR) is 67.7 cm³/mol. The van der Waals surface area contributed by atoms with Crippen LogP contribution in [0.15, 0.2) is 0 Å². The molecule has 0 aliphatic carbocycles. The molecule has 0 aromatic heterocycles. The molecule has 0 rings (SSSR count). The molecule has 92 valence electrons. The van der Waals surface area contributed by atoms with E-state index in [2.05, 4.69) is 26.1 Å². The summed E-state index contributed by atoms with van der Waals surface area (Å²) in [5, 5.41) is 3.43. The molecule has 0 heterocycles. The van der Waals surface area contributed by atoms with Gasteiger partial charge >= 0.3 is 0 Å². The van der Waals surface area contributed by atoms with Gasteiger partial charge in [-0.2, -0.15) is 0 Å². The van der Waals surface area contributed by atoms with Crippen LogP contribution in [0.2, 0.25) is 0 Å². The number of hydrogen-bond donors (Lipinski definition) is 1. The summed E-state index contributed by atoms with van der Waals surface area (Å²) in [6, 6.07) is 0. The highest BCUT2D eigenvalue weighted by molar-refractivity contribution is 6.18. The van der Waals surface area contributed by atoms with Crippen molar-refractivity contribution < 1.29 is 4.74 Å². The minimum atomic E-state index is 0.270. The summed E-state index contributed by atoms with van der Waals surface area (Å²) in [6.07, 6.45) is 3.36. The maximum Gasteiger partial charge on any atom is 0.0590 e. The largest absolute Gasteiger partial charge is 0.380 e. The van der Waals surface area contributed by atoms with Crippen LogP contribution in [-0.4, -0.2) is 32.2 Å². The van der Waals surface area contributed by atoms with Crippen molar-refractivity contribution in [1.82, 2.24) is 5.32 Å². The molecule has 0 spiro atoms. The molecule has 15 heavy (non-hydrogen) atoms. The van der Waals surface area contributed by atoms with Gasteiger partial charge in [0.05, 0.1) is 6.61 Å². The molecule has 0 radical (unpaired) electrons. The van der Waals surface area contributed by atoms with Gasteiger partial charge in [-0.05, 0) is 24.7 Å². The van der Waals surface area contributed by atoms with Crippen LogP contribution in [0, 0.1) is 5.41 Å². The molecule has 1 N–H and O–H groups in total. The fraction of sp³-hybridized carbons (Fsp3) is 1.00. The van der Waals surface area contributed by atoms with E-state index in [0.29, 0.717) is 0 Å². The zero-order chi connectivity index (χ0) is 11.6. The summed E-state index contributed by atoms with van der Waals surface area (Å²) < 4.78 is 5.40. The van der Waals surface area contributed by atoms with Crippen LogP contribution in [0.1, 0.15) is 40.0 Å². The molecule has 0 aliphatic heterocycles. The normalized spacial score (nSPS) is 12.0. The Morgan fingerprint density at radius 2 is 1.80 bits per heavy atom. The van der Waals surface area contributed by atoms with Crippen LogP contribution < -0.4 is 5.32 Å². The van der Waals surface area contributed by atoms with Crippen LogP contribution in [0.5, 0.6) is 0 Å². The molecule has 0 aromatic carbocycles. The Bertz CT molecular complexity index is 129. The lowest BCUT2D eigenvalue weighted by atomic mass is 9.84. The molecule has 0 aliphatic rings. The summed E-state index contributed by atoms with van der Waals surface area (Å²) in [5.41, 5.74) is 0.270.